The van der Waals surface area contributed by atoms with Crippen LogP contribution >= 0.6 is 11.3 Å². The van der Waals surface area contributed by atoms with Crippen LogP contribution in [0.1, 0.15) is 41.4 Å². The van der Waals surface area contributed by atoms with Gasteiger partial charge in [-0.3, -0.25) is 9.36 Å². The number of rotatable bonds is 9. The Labute approximate surface area is 190 Å². The molecule has 0 spiro atoms. The average molecular weight is 454 g/mol. The SMILES string of the molecule is Cc1nc(COc2ccccc2/C=C/C(=O)NCCCn2nc3n(c2=O)CCCC3)cs1. The van der Waals surface area contributed by atoms with Crippen molar-refractivity contribution in [2.75, 3.05) is 6.54 Å². The van der Waals surface area contributed by atoms with E-state index in [1.54, 1.807) is 22.0 Å². The third kappa shape index (κ3) is 5.53. The molecule has 3 aromatic rings. The Morgan fingerprint density at radius 3 is 3.00 bits per heavy atom. The fourth-order valence-electron chi connectivity index (χ4n) is 3.63. The van der Waals surface area contributed by atoms with Crippen molar-refractivity contribution >= 4 is 23.3 Å². The van der Waals surface area contributed by atoms with Gasteiger partial charge >= 0.3 is 5.69 Å². The molecule has 1 aliphatic heterocycles. The minimum Gasteiger partial charge on any atom is -0.487 e. The van der Waals surface area contributed by atoms with Gasteiger partial charge in [-0.25, -0.2) is 14.5 Å². The van der Waals surface area contributed by atoms with Gasteiger partial charge in [0, 0.05) is 43.1 Å². The topological polar surface area (TPSA) is 91.0 Å². The van der Waals surface area contributed by atoms with Crippen molar-refractivity contribution < 1.29 is 9.53 Å². The molecule has 9 heteroatoms. The molecule has 0 saturated heterocycles. The van der Waals surface area contributed by atoms with E-state index in [1.807, 2.05) is 36.6 Å². The number of para-hydroxylation sites is 1. The highest BCUT2D eigenvalue weighted by molar-refractivity contribution is 7.09. The lowest BCUT2D eigenvalue weighted by Gasteiger charge is -2.09. The summed E-state index contributed by atoms with van der Waals surface area (Å²) in [6.07, 6.45) is 6.85. The van der Waals surface area contributed by atoms with E-state index in [-0.39, 0.29) is 11.6 Å². The molecule has 1 amide bonds. The molecule has 1 aromatic carbocycles. The molecule has 0 saturated carbocycles. The Morgan fingerprint density at radius 1 is 1.31 bits per heavy atom. The standard InChI is InChI=1S/C23H27N5O3S/c1-17-25-19(16-32-17)15-31-20-8-3-2-7-18(20)10-11-22(29)24-12-6-14-28-23(30)27-13-5-4-9-21(27)26-28/h2-3,7-8,10-11,16H,4-6,9,12-15H2,1H3,(H,24,29)/b11-10+. The number of ether oxygens (including phenoxy) is 1. The molecular formula is C23H27N5O3S. The number of hydrogen-bond donors (Lipinski definition) is 1. The molecule has 32 heavy (non-hydrogen) atoms. The number of aromatic nitrogens is 4. The van der Waals surface area contributed by atoms with Crippen molar-refractivity contribution in [3.05, 3.63) is 68.3 Å². The maximum absolute atomic E-state index is 12.3. The zero-order valence-electron chi connectivity index (χ0n) is 18.1. The van der Waals surface area contributed by atoms with Crippen LogP contribution in [0.3, 0.4) is 0 Å². The first-order chi connectivity index (χ1) is 15.6. The Balaban J connectivity index is 1.25. The van der Waals surface area contributed by atoms with E-state index in [2.05, 4.69) is 15.4 Å². The normalized spacial score (nSPS) is 13.3. The van der Waals surface area contributed by atoms with Gasteiger partial charge in [0.2, 0.25) is 5.91 Å². The van der Waals surface area contributed by atoms with E-state index in [4.69, 9.17) is 4.74 Å². The highest BCUT2D eigenvalue weighted by Crippen LogP contribution is 2.21. The van der Waals surface area contributed by atoms with Crippen LogP contribution in [0.4, 0.5) is 0 Å². The Morgan fingerprint density at radius 2 is 2.19 bits per heavy atom. The van der Waals surface area contributed by atoms with Gasteiger partial charge in [-0.1, -0.05) is 18.2 Å². The zero-order valence-corrected chi connectivity index (χ0v) is 18.9. The number of nitrogens with one attached hydrogen (secondary N) is 1. The highest BCUT2D eigenvalue weighted by atomic mass is 32.1. The lowest BCUT2D eigenvalue weighted by Crippen LogP contribution is -2.28. The van der Waals surface area contributed by atoms with E-state index in [1.165, 1.54) is 10.8 Å². The molecule has 4 rings (SSSR count). The quantitative estimate of drug-likeness (QED) is 0.397. The van der Waals surface area contributed by atoms with Gasteiger partial charge < -0.3 is 10.1 Å². The second kappa shape index (κ2) is 10.4. The fraction of sp³-hybridized carbons (Fsp3) is 0.391. The maximum atomic E-state index is 12.3. The predicted octanol–water partition coefficient (Wildman–Crippen LogP) is 2.94. The van der Waals surface area contributed by atoms with Gasteiger partial charge in [-0.05, 0) is 38.3 Å². The Bertz CT molecular complexity index is 1160. The lowest BCUT2D eigenvalue weighted by atomic mass is 10.2. The van der Waals surface area contributed by atoms with Crippen LogP contribution in [0, 0.1) is 6.92 Å². The molecule has 0 fully saturated rings. The van der Waals surface area contributed by atoms with Gasteiger partial charge in [-0.2, -0.15) is 5.10 Å². The van der Waals surface area contributed by atoms with Crippen LogP contribution < -0.4 is 15.7 Å². The van der Waals surface area contributed by atoms with Crippen LogP contribution in [0.25, 0.3) is 6.08 Å². The molecule has 2 aromatic heterocycles. The molecule has 0 atom stereocenters. The number of carbonyl (C=O) groups excluding carboxylic acids is 1. The van der Waals surface area contributed by atoms with E-state index < -0.39 is 0 Å². The summed E-state index contributed by atoms with van der Waals surface area (Å²) in [4.78, 5) is 28.9. The van der Waals surface area contributed by atoms with E-state index >= 15 is 0 Å². The summed E-state index contributed by atoms with van der Waals surface area (Å²) in [7, 11) is 0. The summed E-state index contributed by atoms with van der Waals surface area (Å²) in [5.41, 5.74) is 1.67. The number of fused-ring (bicyclic) bond motifs is 1. The molecule has 1 N–H and O–H groups in total. The summed E-state index contributed by atoms with van der Waals surface area (Å²) in [6.45, 7) is 4.07. The summed E-state index contributed by atoms with van der Waals surface area (Å²) < 4.78 is 9.16. The van der Waals surface area contributed by atoms with Crippen LogP contribution in [-0.2, 0) is 30.9 Å². The third-order valence-electron chi connectivity index (χ3n) is 5.25. The predicted molar refractivity (Wildman–Crippen MR) is 124 cm³/mol. The Kier molecular flexibility index (Phi) is 7.16. The first-order valence-electron chi connectivity index (χ1n) is 10.9. The molecule has 0 aliphatic carbocycles. The molecule has 0 bridgehead atoms. The number of hydrogen-bond acceptors (Lipinski definition) is 6. The number of benzene rings is 1. The average Bonchev–Trinajstić information content (AvgIpc) is 3.37. The van der Waals surface area contributed by atoms with Crippen molar-refractivity contribution in [3.63, 3.8) is 0 Å². The molecule has 8 nitrogen and oxygen atoms in total. The minimum absolute atomic E-state index is 0.0460. The summed E-state index contributed by atoms with van der Waals surface area (Å²) >= 11 is 1.59. The van der Waals surface area contributed by atoms with Crippen molar-refractivity contribution in [3.8, 4) is 5.75 Å². The Hall–Kier alpha value is -3.20. The molecule has 0 unspecified atom stereocenters. The fourth-order valence-corrected chi connectivity index (χ4v) is 4.23. The highest BCUT2D eigenvalue weighted by Gasteiger charge is 2.16. The first kappa shape index (κ1) is 22.0. The monoisotopic (exact) mass is 453 g/mol. The van der Waals surface area contributed by atoms with Crippen molar-refractivity contribution in [1.29, 1.82) is 0 Å². The number of nitrogens with zero attached hydrogens (tertiary/aromatic N) is 4. The molecule has 1 aliphatic rings. The van der Waals surface area contributed by atoms with Gasteiger partial charge in [0.1, 0.15) is 18.2 Å². The lowest BCUT2D eigenvalue weighted by molar-refractivity contribution is -0.116. The van der Waals surface area contributed by atoms with Crippen LogP contribution in [0.2, 0.25) is 0 Å². The molecular weight excluding hydrogens is 426 g/mol. The number of aryl methyl sites for hydroxylation is 3. The smallest absolute Gasteiger partial charge is 0.345 e. The van der Waals surface area contributed by atoms with Crippen molar-refractivity contribution in [1.82, 2.24) is 24.6 Å². The first-order valence-corrected chi connectivity index (χ1v) is 11.7. The molecule has 3 heterocycles. The van der Waals surface area contributed by atoms with Gasteiger partial charge in [0.15, 0.2) is 0 Å². The summed E-state index contributed by atoms with van der Waals surface area (Å²) in [5.74, 6) is 1.38. The maximum Gasteiger partial charge on any atom is 0.345 e. The van der Waals surface area contributed by atoms with Gasteiger partial charge in [0.25, 0.3) is 0 Å². The molecule has 0 radical (unpaired) electrons. The van der Waals surface area contributed by atoms with Crippen molar-refractivity contribution in [2.45, 2.75) is 52.3 Å². The molecule has 168 valence electrons. The van der Waals surface area contributed by atoms with Crippen LogP contribution in [0.5, 0.6) is 5.75 Å². The third-order valence-corrected chi connectivity index (χ3v) is 6.08. The number of thiazole rings is 1. The van der Waals surface area contributed by atoms with E-state index in [0.29, 0.717) is 31.9 Å². The summed E-state index contributed by atoms with van der Waals surface area (Å²) in [5, 5.41) is 10.3. The largest absolute Gasteiger partial charge is 0.487 e. The minimum atomic E-state index is -0.189. The summed E-state index contributed by atoms with van der Waals surface area (Å²) in [6, 6.07) is 7.58. The number of carbonyl (C=O) groups is 1. The van der Waals surface area contributed by atoms with E-state index in [0.717, 1.165) is 47.9 Å². The van der Waals surface area contributed by atoms with Crippen LogP contribution in [0.15, 0.2) is 40.5 Å². The van der Waals surface area contributed by atoms with Gasteiger partial charge in [0.05, 0.1) is 10.7 Å². The zero-order chi connectivity index (χ0) is 22.3. The second-order valence-corrected chi connectivity index (χ2v) is 8.76. The number of amides is 1. The van der Waals surface area contributed by atoms with Crippen molar-refractivity contribution in [2.24, 2.45) is 0 Å². The van der Waals surface area contributed by atoms with Gasteiger partial charge in [-0.15, -0.1) is 11.3 Å². The van der Waals surface area contributed by atoms with E-state index in [9.17, 15) is 9.59 Å². The van der Waals surface area contributed by atoms with Crippen LogP contribution in [-0.4, -0.2) is 31.8 Å². The second-order valence-electron chi connectivity index (χ2n) is 7.69.